The van der Waals surface area contributed by atoms with Crippen molar-refractivity contribution in [3.63, 3.8) is 0 Å². The van der Waals surface area contributed by atoms with Gasteiger partial charge in [-0.25, -0.2) is 4.99 Å². The predicted octanol–water partition coefficient (Wildman–Crippen LogP) is 1.07. The second-order valence-electron chi connectivity index (χ2n) is 4.39. The number of guanidine groups is 1. The Morgan fingerprint density at radius 2 is 2.05 bits per heavy atom. The number of aliphatic imine (C=N–C) groups is 1. The van der Waals surface area contributed by atoms with Gasteiger partial charge < -0.3 is 15.2 Å². The van der Waals surface area contributed by atoms with Crippen LogP contribution in [0.4, 0.5) is 0 Å². The maximum atomic E-state index is 4.55. The molecule has 0 aliphatic rings. The number of benzene rings is 1. The smallest absolute Gasteiger partial charge is 0.191 e. The van der Waals surface area contributed by atoms with Crippen LogP contribution in [0.2, 0.25) is 0 Å². The Morgan fingerprint density at radius 1 is 1.25 bits per heavy atom. The molecule has 0 spiro atoms. The molecule has 6 nitrogen and oxygen atoms in total. The summed E-state index contributed by atoms with van der Waals surface area (Å²) in [6, 6.07) is 10.2. The van der Waals surface area contributed by atoms with Crippen LogP contribution in [0.5, 0.6) is 0 Å². The highest BCUT2D eigenvalue weighted by atomic mass is 15.3. The lowest BCUT2D eigenvalue weighted by Crippen LogP contribution is -2.37. The van der Waals surface area contributed by atoms with Crippen molar-refractivity contribution >= 4 is 5.96 Å². The van der Waals surface area contributed by atoms with Crippen molar-refractivity contribution in [1.82, 2.24) is 25.4 Å². The van der Waals surface area contributed by atoms with Crippen molar-refractivity contribution in [2.45, 2.75) is 20.0 Å². The maximum Gasteiger partial charge on any atom is 0.191 e. The number of aryl methyl sites for hydroxylation is 1. The number of nitrogens with zero attached hydrogens (tertiary/aromatic N) is 4. The van der Waals surface area contributed by atoms with Gasteiger partial charge in [0.15, 0.2) is 11.8 Å². The van der Waals surface area contributed by atoms with Crippen molar-refractivity contribution in [2.24, 2.45) is 12.0 Å². The molecular formula is C14H20N6. The molecule has 0 saturated carbocycles. The molecule has 20 heavy (non-hydrogen) atoms. The van der Waals surface area contributed by atoms with Crippen molar-refractivity contribution in [3.05, 3.63) is 48.0 Å². The zero-order chi connectivity index (χ0) is 14.2. The Kier molecular flexibility index (Phi) is 5.11. The van der Waals surface area contributed by atoms with Gasteiger partial charge in [-0.2, -0.15) is 0 Å². The van der Waals surface area contributed by atoms with E-state index in [-0.39, 0.29) is 0 Å². The molecule has 0 aliphatic carbocycles. The summed E-state index contributed by atoms with van der Waals surface area (Å²) in [6.45, 7) is 4.10. The van der Waals surface area contributed by atoms with Crippen molar-refractivity contribution in [2.75, 3.05) is 6.54 Å². The second-order valence-corrected chi connectivity index (χ2v) is 4.39. The minimum absolute atomic E-state index is 0.594. The van der Waals surface area contributed by atoms with Crippen LogP contribution in [0.3, 0.4) is 0 Å². The molecule has 0 unspecified atom stereocenters. The van der Waals surface area contributed by atoms with Gasteiger partial charge in [0.25, 0.3) is 0 Å². The molecule has 1 aromatic carbocycles. The molecule has 0 radical (unpaired) electrons. The van der Waals surface area contributed by atoms with Crippen LogP contribution < -0.4 is 10.6 Å². The zero-order valence-corrected chi connectivity index (χ0v) is 11.9. The van der Waals surface area contributed by atoms with E-state index in [4.69, 9.17) is 0 Å². The molecule has 6 heteroatoms. The lowest BCUT2D eigenvalue weighted by Gasteiger charge is -2.10. The van der Waals surface area contributed by atoms with E-state index in [0.29, 0.717) is 13.1 Å². The second kappa shape index (κ2) is 7.28. The first kappa shape index (κ1) is 14.0. The van der Waals surface area contributed by atoms with Crippen molar-refractivity contribution in [1.29, 1.82) is 0 Å². The monoisotopic (exact) mass is 272 g/mol. The van der Waals surface area contributed by atoms with Crippen molar-refractivity contribution < 1.29 is 0 Å². The Balaban J connectivity index is 1.94. The first-order valence-corrected chi connectivity index (χ1v) is 6.68. The molecule has 2 aromatic rings. The molecule has 0 saturated heterocycles. The Bertz CT molecular complexity index is 546. The van der Waals surface area contributed by atoms with Crippen LogP contribution in [0.1, 0.15) is 18.3 Å². The fraction of sp³-hybridized carbons (Fsp3) is 0.357. The lowest BCUT2D eigenvalue weighted by atomic mass is 10.2. The highest BCUT2D eigenvalue weighted by Crippen LogP contribution is 2.00. The largest absolute Gasteiger partial charge is 0.357 e. The van der Waals surface area contributed by atoms with Gasteiger partial charge in [0.05, 0.1) is 13.1 Å². The first-order valence-electron chi connectivity index (χ1n) is 6.68. The van der Waals surface area contributed by atoms with Crippen molar-refractivity contribution in [3.8, 4) is 0 Å². The highest BCUT2D eigenvalue weighted by molar-refractivity contribution is 5.79. The average Bonchev–Trinajstić information content (AvgIpc) is 2.88. The third-order valence-electron chi connectivity index (χ3n) is 2.83. The minimum atomic E-state index is 0.594. The summed E-state index contributed by atoms with van der Waals surface area (Å²) in [6.07, 6.45) is 1.69. The third-order valence-corrected chi connectivity index (χ3v) is 2.83. The lowest BCUT2D eigenvalue weighted by molar-refractivity contribution is 0.726. The van der Waals surface area contributed by atoms with Gasteiger partial charge >= 0.3 is 0 Å². The first-order chi connectivity index (χ1) is 9.79. The van der Waals surface area contributed by atoms with Crippen LogP contribution in [0.15, 0.2) is 41.7 Å². The molecule has 1 aromatic heterocycles. The van der Waals surface area contributed by atoms with Crippen LogP contribution in [0.25, 0.3) is 0 Å². The van der Waals surface area contributed by atoms with Gasteiger partial charge in [-0.3, -0.25) is 0 Å². The summed E-state index contributed by atoms with van der Waals surface area (Å²) in [7, 11) is 1.92. The van der Waals surface area contributed by atoms with E-state index in [1.54, 1.807) is 6.33 Å². The van der Waals surface area contributed by atoms with Crippen LogP contribution in [-0.2, 0) is 20.1 Å². The van der Waals surface area contributed by atoms with Gasteiger partial charge in [0, 0.05) is 13.6 Å². The van der Waals surface area contributed by atoms with E-state index in [1.807, 2.05) is 36.7 Å². The summed E-state index contributed by atoms with van der Waals surface area (Å²) in [5, 5.41) is 14.4. The van der Waals surface area contributed by atoms with Crippen LogP contribution in [0, 0.1) is 0 Å². The summed E-state index contributed by atoms with van der Waals surface area (Å²) in [5.74, 6) is 1.65. The Labute approximate surface area is 119 Å². The molecular weight excluding hydrogens is 252 g/mol. The number of rotatable bonds is 5. The quantitative estimate of drug-likeness (QED) is 0.631. The van der Waals surface area contributed by atoms with Gasteiger partial charge in [0.2, 0.25) is 0 Å². The molecule has 2 rings (SSSR count). The predicted molar refractivity (Wildman–Crippen MR) is 79.1 cm³/mol. The van der Waals surface area contributed by atoms with E-state index in [9.17, 15) is 0 Å². The maximum absolute atomic E-state index is 4.55. The fourth-order valence-electron chi connectivity index (χ4n) is 1.73. The molecule has 0 aliphatic heterocycles. The average molecular weight is 272 g/mol. The topological polar surface area (TPSA) is 67.1 Å². The van der Waals surface area contributed by atoms with E-state index in [1.165, 1.54) is 5.56 Å². The molecule has 106 valence electrons. The molecule has 0 amide bonds. The number of hydrogen-bond donors (Lipinski definition) is 2. The summed E-state index contributed by atoms with van der Waals surface area (Å²) in [4.78, 5) is 4.55. The minimum Gasteiger partial charge on any atom is -0.357 e. The molecule has 1 heterocycles. The van der Waals surface area contributed by atoms with Gasteiger partial charge in [-0.05, 0) is 12.5 Å². The number of hydrogen-bond acceptors (Lipinski definition) is 3. The summed E-state index contributed by atoms with van der Waals surface area (Å²) < 4.78 is 1.88. The zero-order valence-electron chi connectivity index (χ0n) is 11.9. The molecule has 0 bridgehead atoms. The van der Waals surface area contributed by atoms with E-state index in [0.717, 1.165) is 18.3 Å². The van der Waals surface area contributed by atoms with Gasteiger partial charge in [0.1, 0.15) is 6.33 Å². The van der Waals surface area contributed by atoms with E-state index >= 15 is 0 Å². The molecule has 0 fully saturated rings. The molecule has 0 atom stereocenters. The summed E-state index contributed by atoms with van der Waals surface area (Å²) >= 11 is 0. The highest BCUT2D eigenvalue weighted by Gasteiger charge is 2.02. The number of nitrogens with one attached hydrogen (secondary N) is 2. The SMILES string of the molecule is CCNC(=NCc1ccccc1)NCc1nncn1C. The summed E-state index contributed by atoms with van der Waals surface area (Å²) in [5.41, 5.74) is 1.18. The van der Waals surface area contributed by atoms with Crippen LogP contribution >= 0.6 is 0 Å². The van der Waals surface area contributed by atoms with E-state index < -0.39 is 0 Å². The number of aromatic nitrogens is 3. The van der Waals surface area contributed by atoms with Gasteiger partial charge in [-0.1, -0.05) is 30.3 Å². The van der Waals surface area contributed by atoms with E-state index in [2.05, 4.69) is 38.0 Å². The standard InChI is InChI=1S/C14H20N6/c1-3-15-14(16-9-12-7-5-4-6-8-12)17-10-13-19-18-11-20(13)2/h4-8,11H,3,9-10H2,1-2H3,(H2,15,16,17). The fourth-order valence-corrected chi connectivity index (χ4v) is 1.73. The Morgan fingerprint density at radius 3 is 2.70 bits per heavy atom. The third kappa shape index (κ3) is 4.08. The van der Waals surface area contributed by atoms with Gasteiger partial charge in [-0.15, -0.1) is 10.2 Å². The van der Waals surface area contributed by atoms with Crippen LogP contribution in [-0.4, -0.2) is 27.3 Å². The molecule has 2 N–H and O–H groups in total. The Hall–Kier alpha value is -2.37. The normalized spacial score (nSPS) is 11.4.